The van der Waals surface area contributed by atoms with Crippen molar-refractivity contribution in [3.05, 3.63) is 66.0 Å². The third-order valence-electron chi connectivity index (χ3n) is 2.76. The molecule has 1 heterocycles. The van der Waals surface area contributed by atoms with E-state index in [9.17, 15) is 4.79 Å². The van der Waals surface area contributed by atoms with Crippen LogP contribution < -0.4 is 0 Å². The van der Waals surface area contributed by atoms with Crippen LogP contribution in [0.5, 0.6) is 0 Å². The Bertz CT molecular complexity index is 558. The molecule has 0 saturated heterocycles. The Labute approximate surface area is 106 Å². The molecule has 0 bridgehead atoms. The second-order valence-corrected chi connectivity index (χ2v) is 3.93. The molecule has 1 aromatic heterocycles. The summed E-state index contributed by atoms with van der Waals surface area (Å²) >= 11 is 0. The third kappa shape index (κ3) is 2.61. The van der Waals surface area contributed by atoms with Gasteiger partial charge in [0.15, 0.2) is 5.78 Å². The van der Waals surface area contributed by atoms with Gasteiger partial charge in [-0.25, -0.2) is 0 Å². The number of rotatable bonds is 4. The number of hydrogen-bond donors (Lipinski definition) is 0. The van der Waals surface area contributed by atoms with Crippen LogP contribution in [0.2, 0.25) is 0 Å². The van der Waals surface area contributed by atoms with Gasteiger partial charge in [0.1, 0.15) is 0 Å². The van der Waals surface area contributed by atoms with Crippen LogP contribution in [0.3, 0.4) is 0 Å². The van der Waals surface area contributed by atoms with E-state index < -0.39 is 5.92 Å². The minimum absolute atomic E-state index is 0.0594. The van der Waals surface area contributed by atoms with E-state index >= 15 is 0 Å². The molecule has 18 heavy (non-hydrogen) atoms. The molecule has 1 atom stereocenters. The first-order chi connectivity index (χ1) is 8.83. The Kier molecular flexibility index (Phi) is 3.83. The van der Waals surface area contributed by atoms with Crippen molar-refractivity contribution >= 4 is 5.78 Å². The van der Waals surface area contributed by atoms with Crippen molar-refractivity contribution in [2.45, 2.75) is 12.3 Å². The van der Waals surface area contributed by atoms with Gasteiger partial charge in [0.2, 0.25) is 0 Å². The van der Waals surface area contributed by atoms with Crippen LogP contribution in [0.4, 0.5) is 0 Å². The largest absolute Gasteiger partial charge is 0.293 e. The van der Waals surface area contributed by atoms with E-state index in [-0.39, 0.29) is 12.2 Å². The number of carbonyl (C=O) groups excluding carboxylic acids is 1. The zero-order valence-electron chi connectivity index (χ0n) is 9.78. The lowest BCUT2D eigenvalue weighted by Gasteiger charge is -2.12. The molecule has 3 nitrogen and oxygen atoms in total. The molecule has 0 radical (unpaired) electrons. The lowest BCUT2D eigenvalue weighted by Crippen LogP contribution is -2.12. The lowest BCUT2D eigenvalue weighted by molar-refractivity contribution is 0.0960. The Morgan fingerprint density at radius 1 is 1.22 bits per heavy atom. The van der Waals surface area contributed by atoms with Crippen LogP contribution in [-0.2, 0) is 0 Å². The van der Waals surface area contributed by atoms with Gasteiger partial charge in [-0.05, 0) is 17.7 Å². The van der Waals surface area contributed by atoms with Crippen LogP contribution in [0, 0.1) is 11.3 Å². The number of hydrogen-bond acceptors (Lipinski definition) is 3. The summed E-state index contributed by atoms with van der Waals surface area (Å²) in [6.45, 7) is 0. The van der Waals surface area contributed by atoms with Crippen molar-refractivity contribution in [1.29, 1.82) is 5.26 Å². The van der Waals surface area contributed by atoms with Crippen molar-refractivity contribution in [3.8, 4) is 6.07 Å². The van der Waals surface area contributed by atoms with Gasteiger partial charge >= 0.3 is 0 Å². The van der Waals surface area contributed by atoms with Gasteiger partial charge in [-0.2, -0.15) is 5.26 Å². The lowest BCUT2D eigenvalue weighted by atomic mass is 9.89. The van der Waals surface area contributed by atoms with Crippen molar-refractivity contribution < 1.29 is 4.79 Å². The molecule has 0 fully saturated rings. The van der Waals surface area contributed by atoms with E-state index in [0.29, 0.717) is 5.56 Å². The molecule has 3 heteroatoms. The zero-order chi connectivity index (χ0) is 12.8. The highest BCUT2D eigenvalue weighted by atomic mass is 16.1. The predicted octanol–water partition coefficient (Wildman–Crippen LogP) is 2.96. The van der Waals surface area contributed by atoms with Crippen LogP contribution in [0.25, 0.3) is 0 Å². The highest BCUT2D eigenvalue weighted by molar-refractivity contribution is 6.00. The van der Waals surface area contributed by atoms with E-state index in [2.05, 4.69) is 11.1 Å². The fourth-order valence-electron chi connectivity index (χ4n) is 1.85. The molecule has 0 amide bonds. The molecule has 88 valence electrons. The summed E-state index contributed by atoms with van der Waals surface area (Å²) in [5, 5.41) is 8.88. The number of aromatic nitrogens is 1. The zero-order valence-corrected chi connectivity index (χ0v) is 9.78. The summed E-state index contributed by atoms with van der Waals surface area (Å²) in [6.07, 6.45) is 3.34. The van der Waals surface area contributed by atoms with E-state index in [1.54, 1.807) is 18.3 Å². The van der Waals surface area contributed by atoms with E-state index in [1.165, 1.54) is 6.20 Å². The van der Waals surface area contributed by atoms with Crippen LogP contribution in [-0.4, -0.2) is 10.8 Å². The smallest absolute Gasteiger partial charge is 0.172 e. The van der Waals surface area contributed by atoms with Gasteiger partial charge in [0.25, 0.3) is 0 Å². The summed E-state index contributed by atoms with van der Waals surface area (Å²) in [5.41, 5.74) is 1.41. The molecule has 0 spiro atoms. The number of ketones is 1. The number of Topliss-reactive ketones (excluding diaryl/α,β-unsaturated/α-hetero) is 1. The molecule has 0 aliphatic rings. The number of nitriles is 1. The molecule has 0 saturated carbocycles. The Hall–Kier alpha value is -2.47. The fraction of sp³-hybridized carbons (Fsp3) is 0.133. The SMILES string of the molecule is N#CCC(C(=O)c1cccnc1)c1ccccc1. The van der Waals surface area contributed by atoms with Crippen molar-refractivity contribution in [3.63, 3.8) is 0 Å². The van der Waals surface area contributed by atoms with Crippen molar-refractivity contribution in [2.24, 2.45) is 0 Å². The highest BCUT2D eigenvalue weighted by Crippen LogP contribution is 2.23. The maximum absolute atomic E-state index is 12.3. The maximum Gasteiger partial charge on any atom is 0.172 e. The van der Waals surface area contributed by atoms with E-state index in [0.717, 1.165) is 5.56 Å². The third-order valence-corrected chi connectivity index (χ3v) is 2.76. The van der Waals surface area contributed by atoms with Gasteiger partial charge in [0.05, 0.1) is 12.0 Å². The molecule has 0 aliphatic heterocycles. The first-order valence-electron chi connectivity index (χ1n) is 5.69. The minimum Gasteiger partial charge on any atom is -0.293 e. The predicted molar refractivity (Wildman–Crippen MR) is 68.0 cm³/mol. The summed E-state index contributed by atoms with van der Waals surface area (Å²) in [7, 11) is 0. The molecular weight excluding hydrogens is 224 g/mol. The normalized spacial score (nSPS) is 11.5. The maximum atomic E-state index is 12.3. The first kappa shape index (κ1) is 12.0. The molecule has 1 unspecified atom stereocenters. The average molecular weight is 236 g/mol. The molecule has 1 aromatic carbocycles. The Morgan fingerprint density at radius 3 is 2.61 bits per heavy atom. The van der Waals surface area contributed by atoms with E-state index in [4.69, 9.17) is 5.26 Å². The first-order valence-corrected chi connectivity index (χ1v) is 5.69. The minimum atomic E-state index is -0.416. The summed E-state index contributed by atoms with van der Waals surface area (Å²) in [4.78, 5) is 16.3. The molecule has 2 rings (SSSR count). The monoisotopic (exact) mass is 236 g/mol. The van der Waals surface area contributed by atoms with E-state index in [1.807, 2.05) is 30.3 Å². The number of nitrogens with zero attached hydrogens (tertiary/aromatic N) is 2. The summed E-state index contributed by atoms with van der Waals surface area (Å²) in [6, 6.07) is 14.9. The average Bonchev–Trinajstić information content (AvgIpc) is 2.46. The molecule has 0 N–H and O–H groups in total. The highest BCUT2D eigenvalue weighted by Gasteiger charge is 2.21. The van der Waals surface area contributed by atoms with Gasteiger partial charge < -0.3 is 0 Å². The number of carbonyl (C=O) groups is 1. The summed E-state index contributed by atoms with van der Waals surface area (Å²) < 4.78 is 0. The standard InChI is InChI=1S/C15H12N2O/c16-9-8-14(12-5-2-1-3-6-12)15(18)13-7-4-10-17-11-13/h1-7,10-11,14H,8H2. The van der Waals surface area contributed by atoms with Gasteiger partial charge in [0, 0.05) is 24.4 Å². The number of benzene rings is 1. The van der Waals surface area contributed by atoms with Gasteiger partial charge in [-0.15, -0.1) is 0 Å². The molecular formula is C15H12N2O. The van der Waals surface area contributed by atoms with Crippen LogP contribution in [0.1, 0.15) is 28.3 Å². The topological polar surface area (TPSA) is 53.8 Å². The van der Waals surface area contributed by atoms with Crippen molar-refractivity contribution in [2.75, 3.05) is 0 Å². The second kappa shape index (κ2) is 5.74. The summed E-state index contributed by atoms with van der Waals surface area (Å²) in [5.74, 6) is -0.476. The van der Waals surface area contributed by atoms with Gasteiger partial charge in [-0.1, -0.05) is 30.3 Å². The quantitative estimate of drug-likeness (QED) is 0.767. The van der Waals surface area contributed by atoms with Crippen molar-refractivity contribution in [1.82, 2.24) is 4.98 Å². The van der Waals surface area contributed by atoms with Crippen LogP contribution >= 0.6 is 0 Å². The van der Waals surface area contributed by atoms with Gasteiger partial charge in [-0.3, -0.25) is 9.78 Å². The number of pyridine rings is 1. The Balaban J connectivity index is 2.32. The second-order valence-electron chi connectivity index (χ2n) is 3.93. The Morgan fingerprint density at radius 2 is 2.00 bits per heavy atom. The molecule has 0 aliphatic carbocycles. The van der Waals surface area contributed by atoms with Crippen LogP contribution in [0.15, 0.2) is 54.9 Å². The molecule has 2 aromatic rings. The fourth-order valence-corrected chi connectivity index (χ4v) is 1.85.